The topological polar surface area (TPSA) is 26.3 Å². The highest BCUT2D eigenvalue weighted by Gasteiger charge is 2.59. The third-order valence-electron chi connectivity index (χ3n) is 11.5. The molecule has 2 aromatic carbocycles. The molecule has 0 heterocycles. The van der Waals surface area contributed by atoms with E-state index in [1.54, 1.807) is 5.57 Å². The lowest BCUT2D eigenvalue weighted by Crippen LogP contribution is -2.68. The van der Waals surface area contributed by atoms with Crippen LogP contribution in [0.15, 0.2) is 72.3 Å². The Bertz CT molecular complexity index is 1170. The van der Waals surface area contributed by atoms with Gasteiger partial charge in [-0.1, -0.05) is 107 Å². The zero-order chi connectivity index (χ0) is 26.8. The summed E-state index contributed by atoms with van der Waals surface area (Å²) in [7, 11) is -2.55. The molecule has 0 amide bonds. The van der Waals surface area contributed by atoms with E-state index in [9.17, 15) is 4.79 Å². The number of hydrogen-bond acceptors (Lipinski definition) is 2. The van der Waals surface area contributed by atoms with Gasteiger partial charge in [0.1, 0.15) is 5.78 Å². The van der Waals surface area contributed by atoms with Gasteiger partial charge < -0.3 is 4.43 Å². The van der Waals surface area contributed by atoms with Crippen LogP contribution in [0.1, 0.15) is 86.0 Å². The fourth-order valence-electron chi connectivity index (χ4n) is 9.44. The zero-order valence-corrected chi connectivity index (χ0v) is 25.1. The van der Waals surface area contributed by atoms with Crippen molar-refractivity contribution in [1.82, 2.24) is 0 Å². The van der Waals surface area contributed by atoms with Crippen molar-refractivity contribution in [2.24, 2.45) is 28.6 Å². The number of rotatable bonds is 4. The molecular weight excluding hydrogens is 480 g/mol. The Hall–Kier alpha value is -1.97. The standard InChI is InChI=1S/C35H46O2Si/c1-33(2,3)38(27-12-8-6-9-13-27,28-14-10-7-11-15-28)37-26-20-22-34(4)25(24-26)16-17-29-30-18-19-32(36)35(30,5)23-21-31(29)34/h6-16,26,29-31H,17-24H2,1-5H3/t26?,29-,30-,31-,34-,35-/m0/s1. The summed E-state index contributed by atoms with van der Waals surface area (Å²) in [6.07, 6.45) is 11.7. The molecule has 1 unspecified atom stereocenters. The van der Waals surface area contributed by atoms with Gasteiger partial charge in [-0.25, -0.2) is 0 Å². The maximum atomic E-state index is 12.8. The number of Topliss-reactive ketones (excluding diaryl/α,β-unsaturated/α-hetero) is 1. The van der Waals surface area contributed by atoms with Crippen molar-refractivity contribution in [3.05, 3.63) is 72.3 Å². The van der Waals surface area contributed by atoms with Gasteiger partial charge >= 0.3 is 0 Å². The van der Waals surface area contributed by atoms with Crippen molar-refractivity contribution < 1.29 is 9.22 Å². The summed E-state index contributed by atoms with van der Waals surface area (Å²) in [6, 6.07) is 22.2. The Morgan fingerprint density at radius 1 is 0.816 bits per heavy atom. The van der Waals surface area contributed by atoms with E-state index in [0.717, 1.165) is 44.4 Å². The molecule has 0 aromatic heterocycles. The van der Waals surface area contributed by atoms with Gasteiger partial charge in [-0.2, -0.15) is 0 Å². The quantitative estimate of drug-likeness (QED) is 0.305. The van der Waals surface area contributed by atoms with Gasteiger partial charge in [0, 0.05) is 17.9 Å². The van der Waals surface area contributed by atoms with Gasteiger partial charge in [0.25, 0.3) is 8.32 Å². The van der Waals surface area contributed by atoms with Crippen molar-refractivity contribution in [3.8, 4) is 0 Å². The molecule has 2 aromatic rings. The first-order chi connectivity index (χ1) is 18.1. The summed E-state index contributed by atoms with van der Waals surface area (Å²) < 4.78 is 7.60. The summed E-state index contributed by atoms with van der Waals surface area (Å²) in [5, 5.41) is 2.76. The first kappa shape index (κ1) is 26.3. The second kappa shape index (κ2) is 9.30. The molecule has 0 saturated heterocycles. The van der Waals surface area contributed by atoms with E-state index in [4.69, 9.17) is 4.43 Å². The van der Waals surface area contributed by atoms with Crippen molar-refractivity contribution in [1.29, 1.82) is 0 Å². The Kier molecular flexibility index (Phi) is 6.43. The minimum Gasteiger partial charge on any atom is -0.404 e. The zero-order valence-electron chi connectivity index (χ0n) is 24.1. The SMILES string of the molecule is CC(C)(C)[Si](OC1CC[C@@]2(C)C(=CC[C@@H]3[C@@H]2CC[C@]2(C)C(=O)CC[C@@H]32)C1)(c1ccccc1)c1ccccc1. The highest BCUT2D eigenvalue weighted by atomic mass is 28.4. The Balaban J connectivity index is 1.33. The van der Waals surface area contributed by atoms with E-state index in [2.05, 4.69) is 101 Å². The Labute approximate surface area is 231 Å². The highest BCUT2D eigenvalue weighted by Crippen LogP contribution is 2.64. The molecule has 4 aliphatic rings. The number of carbonyl (C=O) groups excluding carboxylic acids is 1. The average Bonchev–Trinajstić information content (AvgIpc) is 3.22. The molecule has 0 aliphatic heterocycles. The van der Waals surface area contributed by atoms with Crippen LogP contribution < -0.4 is 10.4 Å². The molecular formula is C35H46O2Si. The van der Waals surface area contributed by atoms with Crippen molar-refractivity contribution in [2.75, 3.05) is 0 Å². The molecule has 202 valence electrons. The van der Waals surface area contributed by atoms with E-state index < -0.39 is 8.32 Å². The molecule has 6 atom stereocenters. The number of fused-ring (bicyclic) bond motifs is 5. The third-order valence-corrected chi connectivity index (χ3v) is 16.6. The van der Waals surface area contributed by atoms with Crippen LogP contribution in [0.25, 0.3) is 0 Å². The van der Waals surface area contributed by atoms with Crippen molar-refractivity contribution in [2.45, 2.75) is 97.1 Å². The van der Waals surface area contributed by atoms with E-state index in [-0.39, 0.29) is 22.0 Å². The largest absolute Gasteiger partial charge is 0.404 e. The Morgan fingerprint density at radius 3 is 2.00 bits per heavy atom. The van der Waals surface area contributed by atoms with Gasteiger partial charge in [-0.3, -0.25) is 4.79 Å². The lowest BCUT2D eigenvalue weighted by molar-refractivity contribution is -0.131. The fraction of sp³-hybridized carbons (Fsp3) is 0.571. The van der Waals surface area contributed by atoms with Gasteiger partial charge in [0.15, 0.2) is 0 Å². The molecule has 3 heteroatoms. The van der Waals surface area contributed by atoms with Gasteiger partial charge in [-0.15, -0.1) is 0 Å². The van der Waals surface area contributed by atoms with Crippen LogP contribution in [0.3, 0.4) is 0 Å². The first-order valence-corrected chi connectivity index (χ1v) is 17.0. The normalized spacial score (nSPS) is 35.2. The summed E-state index contributed by atoms with van der Waals surface area (Å²) in [6.45, 7) is 12.0. The second-order valence-corrected chi connectivity index (χ2v) is 18.6. The third kappa shape index (κ3) is 3.86. The molecule has 38 heavy (non-hydrogen) atoms. The van der Waals surface area contributed by atoms with E-state index in [1.807, 2.05) is 0 Å². The molecule has 0 radical (unpaired) electrons. The van der Waals surface area contributed by atoms with Crippen molar-refractivity contribution in [3.63, 3.8) is 0 Å². The molecule has 0 N–H and O–H groups in total. The summed E-state index contributed by atoms with van der Waals surface area (Å²) in [5.74, 6) is 2.54. The van der Waals surface area contributed by atoms with Crippen LogP contribution in [0.4, 0.5) is 0 Å². The minimum absolute atomic E-state index is 0.00529. The predicted octanol–water partition coefficient (Wildman–Crippen LogP) is 7.46. The number of ketones is 1. The number of hydrogen-bond donors (Lipinski definition) is 0. The van der Waals surface area contributed by atoms with Crippen LogP contribution in [-0.2, 0) is 9.22 Å². The van der Waals surface area contributed by atoms with Crippen LogP contribution in [0, 0.1) is 28.6 Å². The lowest BCUT2D eigenvalue weighted by Gasteiger charge is -2.57. The predicted molar refractivity (Wildman–Crippen MR) is 159 cm³/mol. The summed E-state index contributed by atoms with van der Waals surface area (Å²) in [5.41, 5.74) is 1.87. The average molecular weight is 527 g/mol. The van der Waals surface area contributed by atoms with Crippen LogP contribution in [-0.4, -0.2) is 20.2 Å². The van der Waals surface area contributed by atoms with Crippen molar-refractivity contribution >= 4 is 24.5 Å². The second-order valence-electron chi connectivity index (χ2n) is 14.3. The maximum Gasteiger partial charge on any atom is 0.261 e. The smallest absolute Gasteiger partial charge is 0.261 e. The molecule has 2 nitrogen and oxygen atoms in total. The summed E-state index contributed by atoms with van der Waals surface area (Å²) >= 11 is 0. The maximum absolute atomic E-state index is 12.8. The molecule has 6 rings (SSSR count). The minimum atomic E-state index is -2.55. The molecule has 4 aliphatic carbocycles. The van der Waals surface area contributed by atoms with Gasteiger partial charge in [0.05, 0.1) is 0 Å². The molecule has 0 bridgehead atoms. The number of allylic oxidation sites excluding steroid dienone is 1. The number of carbonyl (C=O) groups is 1. The monoisotopic (exact) mass is 526 g/mol. The van der Waals surface area contributed by atoms with Crippen LogP contribution in [0.2, 0.25) is 5.04 Å². The summed E-state index contributed by atoms with van der Waals surface area (Å²) in [4.78, 5) is 12.8. The number of benzene rings is 2. The van der Waals surface area contributed by atoms with Gasteiger partial charge in [0.2, 0.25) is 0 Å². The fourth-order valence-corrected chi connectivity index (χ4v) is 14.2. The molecule has 0 spiro atoms. The first-order valence-electron chi connectivity index (χ1n) is 15.1. The van der Waals surface area contributed by atoms with E-state index in [0.29, 0.717) is 17.6 Å². The van der Waals surface area contributed by atoms with Gasteiger partial charge in [-0.05, 0) is 83.5 Å². The molecule has 3 saturated carbocycles. The Morgan fingerprint density at radius 2 is 1.39 bits per heavy atom. The van der Waals surface area contributed by atoms with Crippen LogP contribution in [0.5, 0.6) is 0 Å². The van der Waals surface area contributed by atoms with E-state index in [1.165, 1.54) is 23.2 Å². The highest BCUT2D eigenvalue weighted by molar-refractivity contribution is 6.99. The van der Waals surface area contributed by atoms with E-state index >= 15 is 0 Å². The van der Waals surface area contributed by atoms with Crippen LogP contribution >= 0.6 is 0 Å². The lowest BCUT2D eigenvalue weighted by atomic mass is 9.48. The molecule has 3 fully saturated rings.